The van der Waals surface area contributed by atoms with Gasteiger partial charge >= 0.3 is 0 Å². The van der Waals surface area contributed by atoms with Crippen molar-refractivity contribution in [1.29, 1.82) is 0 Å². The van der Waals surface area contributed by atoms with E-state index in [1.807, 2.05) is 12.3 Å². The highest BCUT2D eigenvalue weighted by molar-refractivity contribution is 7.83. The highest BCUT2D eigenvalue weighted by Crippen LogP contribution is 1.91. The van der Waals surface area contributed by atoms with E-state index in [0.717, 1.165) is 12.2 Å². The standard InChI is InChI=1S/C6H8N2S/c9-5-1-2-6-7-3-4-8-6/h1,3-5,9H,2H2,(H,7,8). The molecule has 0 unspecified atom stereocenters. The molecule has 0 aliphatic heterocycles. The van der Waals surface area contributed by atoms with Crippen LogP contribution in [-0.2, 0) is 6.42 Å². The van der Waals surface area contributed by atoms with Gasteiger partial charge in [0.1, 0.15) is 5.82 Å². The molecule has 0 aliphatic carbocycles. The maximum absolute atomic E-state index is 4.01. The Morgan fingerprint density at radius 3 is 3.22 bits per heavy atom. The maximum Gasteiger partial charge on any atom is 0.109 e. The Morgan fingerprint density at radius 2 is 2.67 bits per heavy atom. The molecule has 0 saturated heterocycles. The van der Waals surface area contributed by atoms with Gasteiger partial charge in [-0.3, -0.25) is 0 Å². The zero-order valence-corrected chi connectivity index (χ0v) is 5.81. The largest absolute Gasteiger partial charge is 0.348 e. The van der Waals surface area contributed by atoms with E-state index in [1.54, 1.807) is 11.6 Å². The van der Waals surface area contributed by atoms with Gasteiger partial charge in [0, 0.05) is 18.8 Å². The molecule has 2 nitrogen and oxygen atoms in total. The van der Waals surface area contributed by atoms with Gasteiger partial charge in [0.15, 0.2) is 0 Å². The smallest absolute Gasteiger partial charge is 0.109 e. The molecule has 1 N–H and O–H groups in total. The number of aromatic nitrogens is 2. The number of allylic oxidation sites excluding steroid dienone is 1. The summed E-state index contributed by atoms with van der Waals surface area (Å²) in [7, 11) is 0. The third-order valence-electron chi connectivity index (χ3n) is 0.971. The monoisotopic (exact) mass is 140 g/mol. The van der Waals surface area contributed by atoms with Crippen molar-refractivity contribution in [2.24, 2.45) is 0 Å². The van der Waals surface area contributed by atoms with E-state index >= 15 is 0 Å². The Kier molecular flexibility index (Phi) is 2.39. The van der Waals surface area contributed by atoms with Crippen LogP contribution in [0.1, 0.15) is 5.82 Å². The first-order valence-corrected chi connectivity index (χ1v) is 3.22. The molecule has 0 amide bonds. The first kappa shape index (κ1) is 6.42. The van der Waals surface area contributed by atoms with Gasteiger partial charge < -0.3 is 4.98 Å². The Labute approximate surface area is 59.4 Å². The fourth-order valence-corrected chi connectivity index (χ4v) is 0.679. The maximum atomic E-state index is 4.01. The fraction of sp³-hybridized carbons (Fsp3) is 0.167. The molecule has 9 heavy (non-hydrogen) atoms. The zero-order chi connectivity index (χ0) is 6.53. The Bertz CT molecular complexity index is 179. The highest BCUT2D eigenvalue weighted by Gasteiger charge is 1.86. The van der Waals surface area contributed by atoms with Crippen molar-refractivity contribution in [3.8, 4) is 0 Å². The minimum atomic E-state index is 0.830. The second-order valence-corrected chi connectivity index (χ2v) is 1.92. The number of H-pyrrole nitrogens is 1. The molecule has 1 heterocycles. The SMILES string of the molecule is SC=CCc1ncc[nH]1. The van der Waals surface area contributed by atoms with Crippen LogP contribution in [0.15, 0.2) is 23.9 Å². The zero-order valence-electron chi connectivity index (χ0n) is 4.91. The Hall–Kier alpha value is -0.700. The minimum absolute atomic E-state index is 0.830. The number of thiol groups is 1. The van der Waals surface area contributed by atoms with Crippen LogP contribution in [0.3, 0.4) is 0 Å². The van der Waals surface area contributed by atoms with Crippen molar-refractivity contribution in [3.05, 3.63) is 29.7 Å². The average molecular weight is 140 g/mol. The van der Waals surface area contributed by atoms with Crippen molar-refractivity contribution < 1.29 is 0 Å². The van der Waals surface area contributed by atoms with Crippen LogP contribution in [-0.4, -0.2) is 9.97 Å². The first-order valence-electron chi connectivity index (χ1n) is 2.71. The molecule has 1 aromatic rings. The van der Waals surface area contributed by atoms with Crippen LogP contribution >= 0.6 is 12.6 Å². The van der Waals surface area contributed by atoms with Gasteiger partial charge in [0.2, 0.25) is 0 Å². The lowest BCUT2D eigenvalue weighted by Crippen LogP contribution is -1.81. The van der Waals surface area contributed by atoms with Gasteiger partial charge in [0.25, 0.3) is 0 Å². The lowest BCUT2D eigenvalue weighted by atomic mass is 10.4. The van der Waals surface area contributed by atoms with Gasteiger partial charge in [-0.25, -0.2) is 4.98 Å². The predicted molar refractivity (Wildman–Crippen MR) is 40.4 cm³/mol. The molecule has 0 aromatic carbocycles. The van der Waals surface area contributed by atoms with Gasteiger partial charge in [-0.2, -0.15) is 12.6 Å². The lowest BCUT2D eigenvalue weighted by Gasteiger charge is -1.83. The van der Waals surface area contributed by atoms with Crippen molar-refractivity contribution in [3.63, 3.8) is 0 Å². The van der Waals surface area contributed by atoms with Crippen LogP contribution in [0.2, 0.25) is 0 Å². The lowest BCUT2D eigenvalue weighted by molar-refractivity contribution is 1.06. The summed E-state index contributed by atoms with van der Waals surface area (Å²) in [6, 6.07) is 0. The molecule has 48 valence electrons. The molecular weight excluding hydrogens is 132 g/mol. The summed E-state index contributed by atoms with van der Waals surface area (Å²) in [6.07, 6.45) is 6.31. The van der Waals surface area contributed by atoms with Crippen LogP contribution in [0, 0.1) is 0 Å². The second-order valence-electron chi connectivity index (χ2n) is 1.62. The molecule has 0 saturated carbocycles. The summed E-state index contributed by atoms with van der Waals surface area (Å²) >= 11 is 3.91. The van der Waals surface area contributed by atoms with E-state index in [4.69, 9.17) is 0 Å². The first-order chi connectivity index (χ1) is 4.43. The Balaban J connectivity index is 2.48. The number of rotatable bonds is 2. The molecule has 0 spiro atoms. The molecule has 0 aliphatic rings. The van der Waals surface area contributed by atoms with Crippen LogP contribution in [0.4, 0.5) is 0 Å². The van der Waals surface area contributed by atoms with Crippen LogP contribution in [0.5, 0.6) is 0 Å². The topological polar surface area (TPSA) is 28.7 Å². The van der Waals surface area contributed by atoms with E-state index in [1.165, 1.54) is 0 Å². The van der Waals surface area contributed by atoms with Gasteiger partial charge in [-0.05, 0) is 5.41 Å². The number of nitrogens with one attached hydrogen (secondary N) is 1. The third-order valence-corrected chi connectivity index (χ3v) is 1.18. The van der Waals surface area contributed by atoms with Gasteiger partial charge in [-0.1, -0.05) is 6.08 Å². The average Bonchev–Trinajstić information content (AvgIpc) is 2.34. The van der Waals surface area contributed by atoms with Crippen LogP contribution < -0.4 is 0 Å². The second kappa shape index (κ2) is 3.35. The quantitative estimate of drug-likeness (QED) is 0.597. The summed E-state index contributed by atoms with van der Waals surface area (Å²) < 4.78 is 0. The molecule has 0 atom stereocenters. The van der Waals surface area contributed by atoms with Crippen molar-refractivity contribution in [2.45, 2.75) is 6.42 Å². The van der Waals surface area contributed by atoms with E-state index < -0.39 is 0 Å². The summed E-state index contributed by atoms with van der Waals surface area (Å²) in [6.45, 7) is 0. The summed E-state index contributed by atoms with van der Waals surface area (Å²) in [4.78, 5) is 6.99. The molecule has 1 rings (SSSR count). The van der Waals surface area contributed by atoms with Crippen molar-refractivity contribution in [1.82, 2.24) is 9.97 Å². The molecule has 3 heteroatoms. The van der Waals surface area contributed by atoms with E-state index in [0.29, 0.717) is 0 Å². The summed E-state index contributed by atoms with van der Waals surface area (Å²) in [5.74, 6) is 0.973. The van der Waals surface area contributed by atoms with E-state index in [-0.39, 0.29) is 0 Å². The van der Waals surface area contributed by atoms with Crippen LogP contribution in [0.25, 0.3) is 0 Å². The van der Waals surface area contributed by atoms with Gasteiger partial charge in [-0.15, -0.1) is 0 Å². The normalized spacial score (nSPS) is 10.8. The highest BCUT2D eigenvalue weighted by atomic mass is 32.1. The van der Waals surface area contributed by atoms with E-state index in [9.17, 15) is 0 Å². The summed E-state index contributed by atoms with van der Waals surface area (Å²) in [5.41, 5.74) is 0. The number of nitrogens with zero attached hydrogens (tertiary/aromatic N) is 1. The fourth-order valence-electron chi connectivity index (χ4n) is 0.574. The van der Waals surface area contributed by atoms with Crippen molar-refractivity contribution >= 4 is 12.6 Å². The predicted octanol–water partition coefficient (Wildman–Crippen LogP) is 1.40. The molecule has 1 aromatic heterocycles. The molecule has 0 fully saturated rings. The number of aromatic amines is 1. The third kappa shape index (κ3) is 1.93. The number of imidazole rings is 1. The Morgan fingerprint density at radius 1 is 1.78 bits per heavy atom. The molecule has 0 radical (unpaired) electrons. The summed E-state index contributed by atoms with van der Waals surface area (Å²) in [5, 5.41) is 1.71. The van der Waals surface area contributed by atoms with Crippen molar-refractivity contribution in [2.75, 3.05) is 0 Å². The van der Waals surface area contributed by atoms with E-state index in [2.05, 4.69) is 22.6 Å². The molecular formula is C6H8N2S. The molecule has 0 bridgehead atoms. The number of hydrogen-bond donors (Lipinski definition) is 2. The number of hydrogen-bond acceptors (Lipinski definition) is 2. The minimum Gasteiger partial charge on any atom is -0.348 e. The van der Waals surface area contributed by atoms with Gasteiger partial charge in [0.05, 0.1) is 0 Å².